The molecule has 0 aliphatic heterocycles. The molecule has 2 heteroatoms. The van der Waals surface area contributed by atoms with Crippen molar-refractivity contribution in [2.75, 3.05) is 0 Å². The molecule has 2 N–H and O–H groups in total. The summed E-state index contributed by atoms with van der Waals surface area (Å²) in [6.45, 7) is 1.78. The Morgan fingerprint density at radius 2 is 1.25 bits per heavy atom. The molecule has 3 rings (SSSR count). The smallest absolute Gasteiger partial charge is 0.0239 e. The molecule has 0 aromatic heterocycles. The fraction of sp³-hybridized carbons (Fsp3) is 0.727. The number of hydrogen-bond acceptors (Lipinski definition) is 2. The zero-order valence-electron chi connectivity index (χ0n) is 15.4. The highest BCUT2D eigenvalue weighted by Gasteiger charge is 2.27. The maximum Gasteiger partial charge on any atom is 0.0239 e. The lowest BCUT2D eigenvalue weighted by atomic mass is 9.98. The molecular weight excluding hydrogens is 292 g/mol. The van der Waals surface area contributed by atoms with Crippen molar-refractivity contribution in [1.82, 2.24) is 4.90 Å². The molecule has 0 bridgehead atoms. The van der Waals surface area contributed by atoms with E-state index in [9.17, 15) is 0 Å². The first-order chi connectivity index (χ1) is 11.9. The lowest BCUT2D eigenvalue weighted by molar-refractivity contribution is 0.1000. The van der Waals surface area contributed by atoms with Crippen LogP contribution in [0, 0.1) is 0 Å². The van der Waals surface area contributed by atoms with Crippen molar-refractivity contribution in [3.05, 3.63) is 35.4 Å². The predicted molar refractivity (Wildman–Crippen MR) is 103 cm³/mol. The van der Waals surface area contributed by atoms with Gasteiger partial charge in [-0.1, -0.05) is 75.6 Å². The summed E-state index contributed by atoms with van der Waals surface area (Å²) in [5.41, 5.74) is 8.60. The van der Waals surface area contributed by atoms with E-state index in [2.05, 4.69) is 29.2 Å². The molecule has 0 heterocycles. The normalized spacial score (nSPS) is 21.6. The summed E-state index contributed by atoms with van der Waals surface area (Å²) in [5, 5.41) is 0. The van der Waals surface area contributed by atoms with Gasteiger partial charge in [0.2, 0.25) is 0 Å². The third-order valence-electron chi connectivity index (χ3n) is 6.18. The summed E-state index contributed by atoms with van der Waals surface area (Å²) < 4.78 is 0. The van der Waals surface area contributed by atoms with Gasteiger partial charge in [0.15, 0.2) is 0 Å². The Balaban J connectivity index is 1.76. The molecule has 24 heavy (non-hydrogen) atoms. The Kier molecular flexibility index (Phi) is 7.16. The lowest BCUT2D eigenvalue weighted by Crippen LogP contribution is -2.42. The van der Waals surface area contributed by atoms with E-state index in [4.69, 9.17) is 5.73 Å². The predicted octanol–water partition coefficient (Wildman–Crippen LogP) is 5.39. The maximum absolute atomic E-state index is 5.86. The van der Waals surface area contributed by atoms with Crippen LogP contribution in [0.5, 0.6) is 0 Å². The monoisotopic (exact) mass is 328 g/mol. The zero-order valence-corrected chi connectivity index (χ0v) is 15.4. The molecule has 2 aliphatic rings. The molecule has 0 spiro atoms. The summed E-state index contributed by atoms with van der Waals surface area (Å²) >= 11 is 0. The summed E-state index contributed by atoms with van der Waals surface area (Å²) in [5.74, 6) is 0. The van der Waals surface area contributed by atoms with E-state index in [-0.39, 0.29) is 0 Å². The lowest BCUT2D eigenvalue weighted by Gasteiger charge is -2.38. The van der Waals surface area contributed by atoms with Gasteiger partial charge in [0, 0.05) is 25.2 Å². The molecule has 2 nitrogen and oxygen atoms in total. The topological polar surface area (TPSA) is 29.3 Å². The second-order valence-electron chi connectivity index (χ2n) is 7.99. The second kappa shape index (κ2) is 9.58. The minimum absolute atomic E-state index is 0.653. The molecule has 1 aromatic rings. The molecular formula is C22H36N2. The minimum Gasteiger partial charge on any atom is -0.326 e. The average Bonchev–Trinajstić information content (AvgIpc) is 3.05. The SMILES string of the molecule is NCc1cccc(CN(C2CCCCCC2)C2CCCCCC2)c1. The Bertz CT molecular complexity index is 449. The van der Waals surface area contributed by atoms with Crippen LogP contribution in [0.25, 0.3) is 0 Å². The van der Waals surface area contributed by atoms with Gasteiger partial charge in [-0.3, -0.25) is 4.90 Å². The second-order valence-corrected chi connectivity index (χ2v) is 7.99. The van der Waals surface area contributed by atoms with Crippen LogP contribution in [0.3, 0.4) is 0 Å². The van der Waals surface area contributed by atoms with Crippen molar-refractivity contribution in [3.8, 4) is 0 Å². The van der Waals surface area contributed by atoms with Gasteiger partial charge in [0.05, 0.1) is 0 Å². The summed E-state index contributed by atoms with van der Waals surface area (Å²) in [6, 6.07) is 10.6. The number of nitrogens with two attached hydrogens (primary N) is 1. The van der Waals surface area contributed by atoms with Gasteiger partial charge >= 0.3 is 0 Å². The first-order valence-electron chi connectivity index (χ1n) is 10.4. The van der Waals surface area contributed by atoms with E-state index in [0.29, 0.717) is 6.54 Å². The molecule has 1 aromatic carbocycles. The van der Waals surface area contributed by atoms with E-state index in [1.807, 2.05) is 0 Å². The summed E-state index contributed by atoms with van der Waals surface area (Å²) in [7, 11) is 0. The largest absolute Gasteiger partial charge is 0.326 e. The Morgan fingerprint density at radius 3 is 1.75 bits per heavy atom. The van der Waals surface area contributed by atoms with Crippen LogP contribution < -0.4 is 5.73 Å². The summed E-state index contributed by atoms with van der Waals surface area (Å²) in [6.07, 6.45) is 17.1. The number of hydrogen-bond donors (Lipinski definition) is 1. The molecule has 0 saturated heterocycles. The van der Waals surface area contributed by atoms with E-state index < -0.39 is 0 Å². The van der Waals surface area contributed by atoms with Gasteiger partial charge in [0.25, 0.3) is 0 Å². The van der Waals surface area contributed by atoms with Gasteiger partial charge in [-0.15, -0.1) is 0 Å². The van der Waals surface area contributed by atoms with Crippen LogP contribution in [0.1, 0.15) is 88.2 Å². The standard InChI is InChI=1S/C22H36N2/c23-17-19-10-9-11-20(16-19)18-24(21-12-5-1-2-6-13-21)22-14-7-3-4-8-15-22/h9-11,16,21-22H,1-8,12-15,17-18,23H2. The fourth-order valence-electron chi connectivity index (χ4n) is 4.80. The molecule has 2 fully saturated rings. The van der Waals surface area contributed by atoms with Crippen molar-refractivity contribution in [3.63, 3.8) is 0 Å². The maximum atomic E-state index is 5.86. The van der Waals surface area contributed by atoms with Crippen LogP contribution in [-0.4, -0.2) is 17.0 Å². The van der Waals surface area contributed by atoms with Crippen molar-refractivity contribution in [2.45, 2.75) is 102 Å². The van der Waals surface area contributed by atoms with Crippen molar-refractivity contribution < 1.29 is 0 Å². The summed E-state index contributed by atoms with van der Waals surface area (Å²) in [4.78, 5) is 2.91. The number of rotatable bonds is 5. The Labute approximate surface area is 148 Å². The molecule has 2 aliphatic carbocycles. The quantitative estimate of drug-likeness (QED) is 0.734. The Morgan fingerprint density at radius 1 is 0.750 bits per heavy atom. The third kappa shape index (κ3) is 5.07. The van der Waals surface area contributed by atoms with Gasteiger partial charge in [-0.05, 0) is 36.8 Å². The average molecular weight is 329 g/mol. The van der Waals surface area contributed by atoms with Gasteiger partial charge in [0.1, 0.15) is 0 Å². The number of nitrogens with zero attached hydrogens (tertiary/aromatic N) is 1. The van der Waals surface area contributed by atoms with Crippen molar-refractivity contribution in [2.24, 2.45) is 5.73 Å². The van der Waals surface area contributed by atoms with Crippen molar-refractivity contribution >= 4 is 0 Å². The van der Waals surface area contributed by atoms with E-state index in [1.165, 1.54) is 88.2 Å². The highest BCUT2D eigenvalue weighted by molar-refractivity contribution is 5.23. The molecule has 134 valence electrons. The molecule has 0 unspecified atom stereocenters. The first kappa shape index (κ1) is 17.9. The van der Waals surface area contributed by atoms with E-state index in [0.717, 1.165) is 18.6 Å². The van der Waals surface area contributed by atoms with E-state index in [1.54, 1.807) is 0 Å². The highest BCUT2D eigenvalue weighted by Crippen LogP contribution is 2.30. The van der Waals surface area contributed by atoms with Gasteiger partial charge < -0.3 is 5.73 Å². The van der Waals surface area contributed by atoms with Crippen LogP contribution in [0.2, 0.25) is 0 Å². The zero-order chi connectivity index (χ0) is 16.6. The van der Waals surface area contributed by atoms with Crippen LogP contribution in [0.4, 0.5) is 0 Å². The van der Waals surface area contributed by atoms with Crippen LogP contribution in [-0.2, 0) is 13.1 Å². The highest BCUT2D eigenvalue weighted by atomic mass is 15.2. The van der Waals surface area contributed by atoms with Crippen LogP contribution in [0.15, 0.2) is 24.3 Å². The Hall–Kier alpha value is -0.860. The molecule has 2 saturated carbocycles. The van der Waals surface area contributed by atoms with Gasteiger partial charge in [-0.2, -0.15) is 0 Å². The van der Waals surface area contributed by atoms with Crippen LogP contribution >= 0.6 is 0 Å². The number of benzene rings is 1. The molecule has 0 amide bonds. The van der Waals surface area contributed by atoms with Gasteiger partial charge in [-0.25, -0.2) is 0 Å². The molecule has 0 atom stereocenters. The fourth-order valence-corrected chi connectivity index (χ4v) is 4.80. The van der Waals surface area contributed by atoms with E-state index >= 15 is 0 Å². The van der Waals surface area contributed by atoms with Crippen molar-refractivity contribution in [1.29, 1.82) is 0 Å². The minimum atomic E-state index is 0.653. The molecule has 0 radical (unpaired) electrons. The first-order valence-corrected chi connectivity index (χ1v) is 10.4. The third-order valence-corrected chi connectivity index (χ3v) is 6.18.